The Labute approximate surface area is 238 Å². The van der Waals surface area contributed by atoms with Crippen molar-refractivity contribution in [3.63, 3.8) is 0 Å². The van der Waals surface area contributed by atoms with Gasteiger partial charge in [0, 0.05) is 17.1 Å². The highest BCUT2D eigenvalue weighted by molar-refractivity contribution is 7.22. The third kappa shape index (κ3) is 4.46. The first kappa shape index (κ1) is 29.8. The van der Waals surface area contributed by atoms with Crippen molar-refractivity contribution in [2.75, 3.05) is 34.3 Å². The zero-order valence-corrected chi connectivity index (χ0v) is 23.8. The Hall–Kier alpha value is -4.20. The van der Waals surface area contributed by atoms with Crippen LogP contribution in [0.15, 0.2) is 29.0 Å². The summed E-state index contributed by atoms with van der Waals surface area (Å²) in [4.78, 5) is 67.6. The third-order valence-electron chi connectivity index (χ3n) is 8.06. The minimum absolute atomic E-state index is 0.0159. The second-order valence-electron chi connectivity index (χ2n) is 10.5. The molecule has 13 heteroatoms. The molecule has 5 N–H and O–H groups in total. The van der Waals surface area contributed by atoms with E-state index < -0.39 is 81.8 Å². The van der Waals surface area contributed by atoms with Gasteiger partial charge >= 0.3 is 6.09 Å². The number of benzene rings is 1. The Balaban J connectivity index is 1.87. The van der Waals surface area contributed by atoms with Gasteiger partial charge in [0.15, 0.2) is 17.3 Å². The predicted molar refractivity (Wildman–Crippen MR) is 149 cm³/mol. The van der Waals surface area contributed by atoms with Crippen LogP contribution in [0.1, 0.15) is 27.9 Å². The molecule has 0 bridgehead atoms. The van der Waals surface area contributed by atoms with Crippen LogP contribution in [0.2, 0.25) is 0 Å². The average Bonchev–Trinajstić information content (AvgIpc) is 2.89. The van der Waals surface area contributed by atoms with Gasteiger partial charge in [-0.2, -0.15) is 0 Å². The number of phenols is 1. The van der Waals surface area contributed by atoms with Crippen LogP contribution in [-0.4, -0.2) is 100.0 Å². The molecule has 3 aliphatic carbocycles. The van der Waals surface area contributed by atoms with Gasteiger partial charge in [0.2, 0.25) is 0 Å². The lowest BCUT2D eigenvalue weighted by Gasteiger charge is -2.51. The highest BCUT2D eigenvalue weighted by atomic mass is 31.0. The number of methoxy groups -OCH3 is 1. The normalized spacial score (nSPS) is 25.2. The van der Waals surface area contributed by atoms with E-state index in [1.165, 1.54) is 17.0 Å². The Bertz CT molecular complexity index is 1510. The van der Waals surface area contributed by atoms with Gasteiger partial charge in [0.1, 0.15) is 28.0 Å². The molecule has 4 rings (SSSR count). The molecule has 1 saturated carbocycles. The van der Waals surface area contributed by atoms with E-state index in [0.29, 0.717) is 0 Å². The van der Waals surface area contributed by atoms with E-state index >= 15 is 0 Å². The van der Waals surface area contributed by atoms with Crippen LogP contribution >= 0.6 is 9.24 Å². The number of aliphatic hydroxyl groups is 2. The number of ketones is 3. The number of primary amides is 1. The fourth-order valence-corrected chi connectivity index (χ4v) is 6.88. The molecule has 216 valence electrons. The summed E-state index contributed by atoms with van der Waals surface area (Å²) < 4.78 is 4.69. The van der Waals surface area contributed by atoms with Gasteiger partial charge in [-0.15, -0.1) is 15.7 Å². The first-order valence-corrected chi connectivity index (χ1v) is 13.2. The topological polar surface area (TPSA) is 188 Å². The summed E-state index contributed by atoms with van der Waals surface area (Å²) in [6, 6.07) is 1.52. The predicted octanol–water partition coefficient (Wildman–Crippen LogP) is 0.731. The van der Waals surface area contributed by atoms with E-state index in [9.17, 15) is 39.3 Å². The molecule has 0 radical (unpaired) electrons. The van der Waals surface area contributed by atoms with Crippen LogP contribution in [0.4, 0.5) is 4.79 Å². The second-order valence-corrected chi connectivity index (χ2v) is 11.4. The number of nitrogens with two attached hydrogens (primary N) is 1. The van der Waals surface area contributed by atoms with Gasteiger partial charge in [0.25, 0.3) is 5.91 Å². The van der Waals surface area contributed by atoms with Crippen molar-refractivity contribution in [3.05, 3.63) is 45.7 Å². The fraction of sp³-hybridized carbons (Fsp3) is 0.393. The van der Waals surface area contributed by atoms with Crippen molar-refractivity contribution in [1.29, 1.82) is 0 Å². The number of allylic oxidation sites excluding steroid dienone is 2. The van der Waals surface area contributed by atoms with Gasteiger partial charge in [0.05, 0.1) is 31.8 Å². The molecule has 1 aromatic rings. The molecule has 12 nitrogen and oxygen atoms in total. The number of likely N-dealkylation sites (N-methyl/N-ethyl adjacent to an activating group) is 1. The maximum atomic E-state index is 14.1. The van der Waals surface area contributed by atoms with E-state index in [2.05, 4.69) is 19.9 Å². The number of Topliss-reactive ketones (excluding diaryl/α,β-unsaturated/α-hetero) is 3. The number of phenolic OH excluding ortho intramolecular Hbond substituents is 1. The first-order valence-electron chi connectivity index (χ1n) is 12.6. The fourth-order valence-electron chi connectivity index (χ4n) is 6.26. The summed E-state index contributed by atoms with van der Waals surface area (Å²) in [7, 11) is 6.59. The molecular weight excluding hydrogens is 553 g/mol. The van der Waals surface area contributed by atoms with Crippen LogP contribution in [0.3, 0.4) is 0 Å². The molecule has 1 aromatic carbocycles. The standard InChI is InChI=1S/C28H30N3O9P/c1-5-8-31(27(39)40-4)11-17(33)13-6-7-16(32)19-14(13)9-12-10-15-21(30(2)3)23(35)20(26(29)38)25(37)28(15,41)24(36)18(12)22(19)34/h1,6-7,12,15,21,32,34,37H,8-11,41H2,2-4H3,(H2,29,38)/t12-,15-,21-,28-/m0/s1. The summed E-state index contributed by atoms with van der Waals surface area (Å²) in [5.74, 6) is -4.29. The molecule has 0 heterocycles. The minimum atomic E-state index is -1.86. The smallest absolute Gasteiger partial charge is 0.410 e. The van der Waals surface area contributed by atoms with E-state index in [0.717, 1.165) is 12.0 Å². The number of aliphatic hydroxyl groups excluding tert-OH is 2. The number of rotatable bonds is 6. The lowest BCUT2D eigenvalue weighted by atomic mass is 9.59. The largest absolute Gasteiger partial charge is 0.510 e. The Morgan fingerprint density at radius 3 is 2.44 bits per heavy atom. The molecule has 2 amide bonds. The lowest BCUT2D eigenvalue weighted by Crippen LogP contribution is -2.63. The van der Waals surface area contributed by atoms with E-state index in [4.69, 9.17) is 12.2 Å². The van der Waals surface area contributed by atoms with Crippen LogP contribution in [0.25, 0.3) is 5.76 Å². The SMILES string of the molecule is C#CCN(CC(=O)c1ccc(O)c2c1C[C@H]1C[C@H]3[C@H](N(C)C)C(=O)C(C(N)=O)=C(O)[C@@]3(P)C(=O)C1=C2O)C(=O)OC. The molecule has 0 saturated heterocycles. The van der Waals surface area contributed by atoms with E-state index in [1.807, 2.05) is 0 Å². The van der Waals surface area contributed by atoms with Crippen molar-refractivity contribution in [2.45, 2.75) is 24.0 Å². The molecule has 0 spiro atoms. The number of nitrogens with zero attached hydrogens (tertiary/aromatic N) is 2. The van der Waals surface area contributed by atoms with Gasteiger partial charge in [-0.3, -0.25) is 29.0 Å². The molecule has 0 aliphatic heterocycles. The van der Waals surface area contributed by atoms with Gasteiger partial charge < -0.3 is 25.8 Å². The van der Waals surface area contributed by atoms with Crippen LogP contribution < -0.4 is 5.73 Å². The number of carbonyl (C=O) groups is 5. The number of terminal acetylenes is 1. The number of hydrogen-bond acceptors (Lipinski definition) is 10. The summed E-state index contributed by atoms with van der Waals surface area (Å²) >= 11 is 0. The molecule has 3 aliphatic rings. The zero-order chi connectivity index (χ0) is 30.5. The van der Waals surface area contributed by atoms with Crippen molar-refractivity contribution >= 4 is 44.3 Å². The average molecular weight is 584 g/mol. The summed E-state index contributed by atoms with van der Waals surface area (Å²) in [5, 5.41) is 31.4. The maximum absolute atomic E-state index is 14.1. The number of fused-ring (bicyclic) bond motifs is 3. The van der Waals surface area contributed by atoms with Gasteiger partial charge in [-0.1, -0.05) is 5.92 Å². The van der Waals surface area contributed by atoms with Crippen LogP contribution in [0, 0.1) is 24.2 Å². The molecule has 1 fully saturated rings. The molecular formula is C28H30N3O9P. The third-order valence-corrected chi connectivity index (χ3v) is 9.03. The maximum Gasteiger partial charge on any atom is 0.410 e. The molecule has 1 unspecified atom stereocenters. The van der Waals surface area contributed by atoms with Crippen LogP contribution in [-0.2, 0) is 25.5 Å². The lowest BCUT2D eigenvalue weighted by molar-refractivity contribution is -0.130. The van der Waals surface area contributed by atoms with E-state index in [-0.39, 0.29) is 41.6 Å². The van der Waals surface area contributed by atoms with E-state index in [1.54, 1.807) is 14.1 Å². The zero-order valence-electron chi connectivity index (χ0n) is 22.6. The minimum Gasteiger partial charge on any atom is -0.510 e. The molecule has 5 atom stereocenters. The van der Waals surface area contributed by atoms with Crippen molar-refractivity contribution in [3.8, 4) is 18.1 Å². The molecule has 0 aromatic heterocycles. The first-order chi connectivity index (χ1) is 19.2. The molecule has 41 heavy (non-hydrogen) atoms. The van der Waals surface area contributed by atoms with Crippen molar-refractivity contribution in [1.82, 2.24) is 9.80 Å². The number of aromatic hydroxyl groups is 1. The van der Waals surface area contributed by atoms with Crippen molar-refractivity contribution < 1.29 is 44.0 Å². The van der Waals surface area contributed by atoms with Crippen molar-refractivity contribution in [2.24, 2.45) is 17.6 Å². The van der Waals surface area contributed by atoms with Crippen LogP contribution in [0.5, 0.6) is 5.75 Å². The number of hydrogen-bond donors (Lipinski definition) is 4. The quantitative estimate of drug-likeness (QED) is 0.161. The monoisotopic (exact) mass is 583 g/mol. The highest BCUT2D eigenvalue weighted by Crippen LogP contribution is 2.56. The summed E-state index contributed by atoms with van der Waals surface area (Å²) in [5.41, 5.74) is 4.81. The summed E-state index contributed by atoms with van der Waals surface area (Å²) in [6.07, 6.45) is 4.61. The highest BCUT2D eigenvalue weighted by Gasteiger charge is 2.62. The number of carbonyl (C=O) groups excluding carboxylic acids is 5. The Morgan fingerprint density at radius 2 is 1.88 bits per heavy atom. The van der Waals surface area contributed by atoms with Gasteiger partial charge in [-0.25, -0.2) is 4.79 Å². The Morgan fingerprint density at radius 1 is 1.22 bits per heavy atom. The second kappa shape index (κ2) is 10.7. The number of ether oxygens (including phenoxy) is 1. The Kier molecular flexibility index (Phi) is 7.74. The van der Waals surface area contributed by atoms with Gasteiger partial charge in [-0.05, 0) is 50.6 Å². The summed E-state index contributed by atoms with van der Waals surface area (Å²) in [6.45, 7) is -0.647. The number of amides is 2.